The number of rotatable bonds is 48. The van der Waals surface area contributed by atoms with E-state index >= 15 is 0 Å². The fraction of sp³-hybridized carbons (Fsp3) is 0.944. The van der Waals surface area contributed by atoms with Crippen molar-refractivity contribution >= 4 is 17.9 Å². The minimum atomic E-state index is -0.762. The lowest BCUT2D eigenvalue weighted by Gasteiger charge is -2.18. The first kappa shape index (κ1) is 58.4. The average molecular weight is 849 g/mol. The molecule has 0 aliphatic rings. The van der Waals surface area contributed by atoms with E-state index in [1.54, 1.807) is 0 Å². The van der Waals surface area contributed by atoms with Crippen molar-refractivity contribution in [3.05, 3.63) is 0 Å². The molecular formula is C54H104O6. The predicted octanol–water partition coefficient (Wildman–Crippen LogP) is 17.3. The maximum atomic E-state index is 12.8. The maximum Gasteiger partial charge on any atom is 0.306 e. The van der Waals surface area contributed by atoms with Gasteiger partial charge < -0.3 is 14.2 Å². The van der Waals surface area contributed by atoms with Crippen LogP contribution < -0.4 is 0 Å². The molecule has 0 spiro atoms. The van der Waals surface area contributed by atoms with E-state index < -0.39 is 6.10 Å². The van der Waals surface area contributed by atoms with Crippen LogP contribution in [0.4, 0.5) is 0 Å². The lowest BCUT2D eigenvalue weighted by atomic mass is 10.0. The lowest BCUT2D eigenvalue weighted by Crippen LogP contribution is -2.30. The van der Waals surface area contributed by atoms with Crippen molar-refractivity contribution in [3.8, 4) is 0 Å². The summed E-state index contributed by atoms with van der Waals surface area (Å²) in [6, 6.07) is 0. The van der Waals surface area contributed by atoms with Crippen LogP contribution in [0, 0.1) is 11.8 Å². The monoisotopic (exact) mass is 849 g/mol. The van der Waals surface area contributed by atoms with Crippen LogP contribution in [0.3, 0.4) is 0 Å². The van der Waals surface area contributed by atoms with Gasteiger partial charge in [0.15, 0.2) is 6.10 Å². The number of hydrogen-bond acceptors (Lipinski definition) is 6. The number of carbonyl (C=O) groups is 3. The zero-order valence-corrected chi connectivity index (χ0v) is 41.1. The standard InChI is InChI=1S/C54H104O6/c1-6-7-8-9-10-11-12-13-18-22-25-30-36-41-46-54(57)60-51(48-59-53(56)45-40-35-31-26-28-33-38-43-50(4)5)47-58-52(55)44-39-34-29-24-21-19-16-14-15-17-20-23-27-32-37-42-49(2)3/h49-51H,6-48H2,1-5H3/t51-/m1/s1. The zero-order chi connectivity index (χ0) is 44.0. The van der Waals surface area contributed by atoms with Crippen LogP contribution >= 0.6 is 0 Å². The van der Waals surface area contributed by atoms with E-state index in [1.165, 1.54) is 186 Å². The van der Waals surface area contributed by atoms with Crippen LogP contribution in [0.25, 0.3) is 0 Å². The van der Waals surface area contributed by atoms with E-state index in [2.05, 4.69) is 34.6 Å². The van der Waals surface area contributed by atoms with Gasteiger partial charge in [-0.1, -0.05) is 259 Å². The van der Waals surface area contributed by atoms with Crippen molar-refractivity contribution in [1.29, 1.82) is 0 Å². The number of esters is 3. The molecule has 0 aromatic carbocycles. The van der Waals surface area contributed by atoms with Gasteiger partial charge in [0, 0.05) is 19.3 Å². The molecule has 0 unspecified atom stereocenters. The molecule has 0 N–H and O–H groups in total. The van der Waals surface area contributed by atoms with Crippen LogP contribution in [-0.2, 0) is 28.6 Å². The number of hydrogen-bond donors (Lipinski definition) is 0. The highest BCUT2D eigenvalue weighted by atomic mass is 16.6. The summed E-state index contributed by atoms with van der Waals surface area (Å²) in [5.74, 6) is 0.783. The summed E-state index contributed by atoms with van der Waals surface area (Å²) in [4.78, 5) is 37.9. The van der Waals surface area contributed by atoms with Crippen molar-refractivity contribution < 1.29 is 28.6 Å². The summed E-state index contributed by atoms with van der Waals surface area (Å²) < 4.78 is 16.8. The molecule has 0 aliphatic carbocycles. The second-order valence-electron chi connectivity index (χ2n) is 19.5. The van der Waals surface area contributed by atoms with Crippen molar-refractivity contribution in [2.75, 3.05) is 13.2 Å². The van der Waals surface area contributed by atoms with Gasteiger partial charge in [-0.3, -0.25) is 14.4 Å². The van der Waals surface area contributed by atoms with E-state index in [9.17, 15) is 14.4 Å². The van der Waals surface area contributed by atoms with Gasteiger partial charge in [0.25, 0.3) is 0 Å². The molecule has 0 fully saturated rings. The summed E-state index contributed by atoms with van der Waals surface area (Å²) in [5, 5.41) is 0. The van der Waals surface area contributed by atoms with Gasteiger partial charge in [-0.15, -0.1) is 0 Å². The van der Waals surface area contributed by atoms with Gasteiger partial charge in [-0.25, -0.2) is 0 Å². The molecule has 0 aromatic rings. The van der Waals surface area contributed by atoms with E-state index in [0.717, 1.165) is 69.6 Å². The largest absolute Gasteiger partial charge is 0.462 e. The topological polar surface area (TPSA) is 78.9 Å². The molecule has 0 bridgehead atoms. The van der Waals surface area contributed by atoms with Gasteiger partial charge in [-0.2, -0.15) is 0 Å². The first-order chi connectivity index (χ1) is 29.2. The number of unbranched alkanes of at least 4 members (excludes halogenated alkanes) is 33. The summed E-state index contributed by atoms with van der Waals surface area (Å²) in [6.07, 6.45) is 48.1. The molecule has 0 rings (SSSR count). The van der Waals surface area contributed by atoms with Gasteiger partial charge in [0.05, 0.1) is 0 Å². The number of carbonyl (C=O) groups excluding carboxylic acids is 3. The second kappa shape index (κ2) is 46.9. The Hall–Kier alpha value is -1.59. The molecule has 1 atom stereocenters. The fourth-order valence-corrected chi connectivity index (χ4v) is 8.17. The van der Waals surface area contributed by atoms with Gasteiger partial charge in [-0.05, 0) is 31.1 Å². The highest BCUT2D eigenvalue weighted by Gasteiger charge is 2.19. The van der Waals surface area contributed by atoms with Crippen molar-refractivity contribution in [3.63, 3.8) is 0 Å². The molecule has 0 aliphatic heterocycles. The average Bonchev–Trinajstić information content (AvgIpc) is 3.22. The van der Waals surface area contributed by atoms with E-state index in [4.69, 9.17) is 14.2 Å². The maximum absolute atomic E-state index is 12.8. The van der Waals surface area contributed by atoms with E-state index in [-0.39, 0.29) is 31.1 Å². The molecular weight excluding hydrogens is 745 g/mol. The summed E-state index contributed by atoms with van der Waals surface area (Å²) in [5.41, 5.74) is 0. The van der Waals surface area contributed by atoms with E-state index in [0.29, 0.717) is 19.3 Å². The van der Waals surface area contributed by atoms with Crippen molar-refractivity contribution in [2.45, 2.75) is 304 Å². The summed E-state index contributed by atoms with van der Waals surface area (Å²) in [6.45, 7) is 11.3. The Morgan fingerprint density at radius 3 is 0.817 bits per heavy atom. The van der Waals surface area contributed by atoms with Gasteiger partial charge >= 0.3 is 17.9 Å². The molecule has 0 amide bonds. The third-order valence-corrected chi connectivity index (χ3v) is 12.2. The smallest absolute Gasteiger partial charge is 0.306 e. The highest BCUT2D eigenvalue weighted by Crippen LogP contribution is 2.17. The quantitative estimate of drug-likeness (QED) is 0.0345. The third kappa shape index (κ3) is 47.5. The molecule has 356 valence electrons. The van der Waals surface area contributed by atoms with Gasteiger partial charge in [0.2, 0.25) is 0 Å². The second-order valence-corrected chi connectivity index (χ2v) is 19.5. The van der Waals surface area contributed by atoms with Gasteiger partial charge in [0.1, 0.15) is 13.2 Å². The Bertz CT molecular complexity index is 916. The highest BCUT2D eigenvalue weighted by molar-refractivity contribution is 5.71. The Kier molecular flexibility index (Phi) is 45.7. The SMILES string of the molecule is CCCCCCCCCCCCCCCCC(=O)O[C@H](COC(=O)CCCCCCCCCCCCCCCCCC(C)C)COC(=O)CCCCCCCCCC(C)C. The van der Waals surface area contributed by atoms with Crippen LogP contribution in [0.5, 0.6) is 0 Å². The molecule has 0 saturated carbocycles. The minimum Gasteiger partial charge on any atom is -0.462 e. The molecule has 6 heteroatoms. The Labute approximate surface area is 374 Å². The first-order valence-electron chi connectivity index (χ1n) is 26.7. The minimum absolute atomic E-state index is 0.0638. The van der Waals surface area contributed by atoms with Crippen LogP contribution in [0.1, 0.15) is 298 Å². The molecule has 6 nitrogen and oxygen atoms in total. The first-order valence-corrected chi connectivity index (χ1v) is 26.7. The molecule has 0 heterocycles. The molecule has 60 heavy (non-hydrogen) atoms. The van der Waals surface area contributed by atoms with Crippen molar-refractivity contribution in [2.24, 2.45) is 11.8 Å². The predicted molar refractivity (Wildman–Crippen MR) is 256 cm³/mol. The van der Waals surface area contributed by atoms with Crippen LogP contribution in [0.2, 0.25) is 0 Å². The molecule has 0 saturated heterocycles. The van der Waals surface area contributed by atoms with Crippen LogP contribution in [-0.4, -0.2) is 37.2 Å². The normalized spacial score (nSPS) is 12.1. The molecule has 0 aromatic heterocycles. The lowest BCUT2D eigenvalue weighted by molar-refractivity contribution is -0.167. The molecule has 0 radical (unpaired) electrons. The van der Waals surface area contributed by atoms with Crippen molar-refractivity contribution in [1.82, 2.24) is 0 Å². The Morgan fingerprint density at radius 1 is 0.317 bits per heavy atom. The van der Waals surface area contributed by atoms with Crippen LogP contribution in [0.15, 0.2) is 0 Å². The van der Waals surface area contributed by atoms with E-state index in [1.807, 2.05) is 0 Å². The summed E-state index contributed by atoms with van der Waals surface area (Å²) >= 11 is 0. The number of ether oxygens (including phenoxy) is 3. The zero-order valence-electron chi connectivity index (χ0n) is 41.1. The third-order valence-electron chi connectivity index (χ3n) is 12.2. The Morgan fingerprint density at radius 2 is 0.550 bits per heavy atom. The fourth-order valence-electron chi connectivity index (χ4n) is 8.17. The summed E-state index contributed by atoms with van der Waals surface area (Å²) in [7, 11) is 0. The Balaban J connectivity index is 4.26.